The van der Waals surface area contributed by atoms with Crippen molar-refractivity contribution in [2.24, 2.45) is 0 Å². The molecule has 8 nitrogen and oxygen atoms in total. The summed E-state index contributed by atoms with van der Waals surface area (Å²) < 4.78 is 47.8. The van der Waals surface area contributed by atoms with Crippen molar-refractivity contribution in [2.75, 3.05) is 11.4 Å². The number of amides is 1. The fourth-order valence-electron chi connectivity index (χ4n) is 3.74. The Hall–Kier alpha value is -3.93. The minimum atomic E-state index is -4.80. The monoisotopic (exact) mass is 562 g/mol. The summed E-state index contributed by atoms with van der Waals surface area (Å²) in [6.07, 6.45) is -3.48. The SMILES string of the molecule is CCN(C(=O)O)c1cc(-c2cc(C)cc(-c3cnco3)c2)nn(-c2cc(Br)ccc2C(F)(F)F)c1=O. The molecule has 1 N–H and O–H groups in total. The second-order valence-corrected chi connectivity index (χ2v) is 8.69. The molecule has 0 saturated heterocycles. The molecule has 2 aromatic carbocycles. The van der Waals surface area contributed by atoms with Gasteiger partial charge in [0.1, 0.15) is 5.69 Å². The van der Waals surface area contributed by atoms with Crippen molar-refractivity contribution in [3.05, 3.63) is 81.0 Å². The van der Waals surface area contributed by atoms with Crippen molar-refractivity contribution in [3.63, 3.8) is 0 Å². The summed E-state index contributed by atoms with van der Waals surface area (Å²) in [5, 5.41) is 13.9. The molecule has 0 unspecified atom stereocenters. The minimum absolute atomic E-state index is 0.0851. The molecule has 4 rings (SSSR count). The van der Waals surface area contributed by atoms with E-state index in [1.807, 2.05) is 6.07 Å². The zero-order valence-corrected chi connectivity index (χ0v) is 20.5. The van der Waals surface area contributed by atoms with Gasteiger partial charge in [-0.05, 0) is 61.9 Å². The summed E-state index contributed by atoms with van der Waals surface area (Å²) in [6.45, 7) is 3.19. The molecule has 0 atom stereocenters. The van der Waals surface area contributed by atoms with E-state index in [4.69, 9.17) is 4.42 Å². The maximum atomic E-state index is 13.9. The molecule has 186 valence electrons. The Bertz CT molecular complexity index is 1500. The Balaban J connectivity index is 2.05. The molecule has 12 heteroatoms. The highest BCUT2D eigenvalue weighted by atomic mass is 79.9. The van der Waals surface area contributed by atoms with Crippen molar-refractivity contribution >= 4 is 27.7 Å². The molecule has 0 aliphatic heterocycles. The van der Waals surface area contributed by atoms with E-state index in [-0.39, 0.29) is 22.4 Å². The fourth-order valence-corrected chi connectivity index (χ4v) is 4.09. The molecule has 2 heterocycles. The van der Waals surface area contributed by atoms with E-state index in [0.717, 1.165) is 22.6 Å². The quantitative estimate of drug-likeness (QED) is 0.313. The summed E-state index contributed by atoms with van der Waals surface area (Å²) in [6, 6.07) is 9.57. The van der Waals surface area contributed by atoms with Gasteiger partial charge in [-0.3, -0.25) is 9.69 Å². The second kappa shape index (κ2) is 9.61. The molecule has 0 spiro atoms. The summed E-state index contributed by atoms with van der Waals surface area (Å²) in [5.74, 6) is 0.445. The van der Waals surface area contributed by atoms with Gasteiger partial charge in [-0.2, -0.15) is 23.0 Å². The number of nitrogens with zero attached hydrogens (tertiary/aromatic N) is 4. The Kier molecular flexibility index (Phi) is 6.72. The molecular formula is C24H18BrF3N4O4. The van der Waals surface area contributed by atoms with Crippen LogP contribution in [0.25, 0.3) is 28.3 Å². The number of benzene rings is 2. The molecular weight excluding hydrogens is 545 g/mol. The lowest BCUT2D eigenvalue weighted by atomic mass is 10.0. The molecule has 0 radical (unpaired) electrons. The van der Waals surface area contributed by atoms with Crippen LogP contribution in [0.5, 0.6) is 0 Å². The van der Waals surface area contributed by atoms with E-state index in [2.05, 4.69) is 26.0 Å². The number of aromatic nitrogens is 3. The molecule has 0 bridgehead atoms. The Morgan fingerprint density at radius 2 is 1.89 bits per heavy atom. The van der Waals surface area contributed by atoms with Crippen molar-refractivity contribution in [1.82, 2.24) is 14.8 Å². The largest absolute Gasteiger partial charge is 0.465 e. The normalized spacial score (nSPS) is 11.5. The Labute approximate surface area is 210 Å². The summed E-state index contributed by atoms with van der Waals surface area (Å²) in [7, 11) is 0. The van der Waals surface area contributed by atoms with Crippen LogP contribution >= 0.6 is 15.9 Å². The number of anilines is 1. The lowest BCUT2D eigenvalue weighted by molar-refractivity contribution is -0.137. The van der Waals surface area contributed by atoms with Crippen molar-refractivity contribution in [2.45, 2.75) is 20.0 Å². The van der Waals surface area contributed by atoms with Gasteiger partial charge in [0.2, 0.25) is 0 Å². The molecule has 2 aromatic heterocycles. The molecule has 0 aliphatic rings. The Morgan fingerprint density at radius 1 is 1.17 bits per heavy atom. The van der Waals surface area contributed by atoms with Crippen LogP contribution in [-0.4, -0.2) is 32.5 Å². The number of rotatable bonds is 5. The minimum Gasteiger partial charge on any atom is -0.465 e. The number of carboxylic acid groups (broad SMARTS) is 1. The average molecular weight is 563 g/mol. The van der Waals surface area contributed by atoms with E-state index in [0.29, 0.717) is 21.6 Å². The molecule has 1 amide bonds. The Morgan fingerprint density at radius 3 is 2.50 bits per heavy atom. The summed E-state index contributed by atoms with van der Waals surface area (Å²) in [4.78, 5) is 29.9. The lowest BCUT2D eigenvalue weighted by Gasteiger charge is -2.20. The molecule has 0 aliphatic carbocycles. The topological polar surface area (TPSA) is 101 Å². The number of hydrogen-bond donors (Lipinski definition) is 1. The zero-order chi connectivity index (χ0) is 26.2. The van der Waals surface area contributed by atoms with Crippen LogP contribution in [0.4, 0.5) is 23.7 Å². The van der Waals surface area contributed by atoms with Gasteiger partial charge in [-0.25, -0.2) is 9.78 Å². The first-order chi connectivity index (χ1) is 17.0. The molecule has 0 saturated carbocycles. The summed E-state index contributed by atoms with van der Waals surface area (Å²) >= 11 is 3.14. The highest BCUT2D eigenvalue weighted by Gasteiger charge is 2.35. The van der Waals surface area contributed by atoms with Gasteiger partial charge in [0.05, 0.1) is 23.1 Å². The van der Waals surface area contributed by atoms with Gasteiger partial charge >= 0.3 is 12.3 Å². The highest BCUT2D eigenvalue weighted by molar-refractivity contribution is 9.10. The van der Waals surface area contributed by atoms with Gasteiger partial charge in [-0.15, -0.1) is 0 Å². The number of carbonyl (C=O) groups is 1. The molecule has 36 heavy (non-hydrogen) atoms. The standard InChI is InChI=1S/C24H18BrF3N4O4/c1-3-31(23(34)35)20-10-18(14-6-13(2)7-15(8-14)21-11-29-12-36-21)30-32(22(20)33)19-9-16(25)4-5-17(19)24(26,27)28/h4-12H,3H2,1-2H3,(H,34,35). The van der Waals surface area contributed by atoms with Crippen LogP contribution in [0.2, 0.25) is 0 Å². The van der Waals surface area contributed by atoms with E-state index in [9.17, 15) is 27.9 Å². The van der Waals surface area contributed by atoms with E-state index in [1.54, 1.807) is 19.1 Å². The maximum absolute atomic E-state index is 13.9. The predicted octanol–water partition coefficient (Wildman–Crippen LogP) is 6.15. The van der Waals surface area contributed by atoms with E-state index < -0.39 is 29.1 Å². The van der Waals surface area contributed by atoms with Gasteiger partial charge in [0.25, 0.3) is 5.56 Å². The maximum Gasteiger partial charge on any atom is 0.418 e. The number of hydrogen-bond acceptors (Lipinski definition) is 5. The van der Waals surface area contributed by atoms with E-state index >= 15 is 0 Å². The third kappa shape index (κ3) is 4.89. The first-order valence-corrected chi connectivity index (χ1v) is 11.3. The van der Waals surface area contributed by atoms with Gasteiger partial charge in [-0.1, -0.05) is 15.9 Å². The number of halogens is 4. The van der Waals surface area contributed by atoms with Crippen LogP contribution in [0.1, 0.15) is 18.1 Å². The second-order valence-electron chi connectivity index (χ2n) is 7.77. The first-order valence-electron chi connectivity index (χ1n) is 10.5. The lowest BCUT2D eigenvalue weighted by Crippen LogP contribution is -2.36. The van der Waals surface area contributed by atoms with Gasteiger partial charge in [0.15, 0.2) is 12.2 Å². The van der Waals surface area contributed by atoms with E-state index in [1.165, 1.54) is 31.6 Å². The zero-order valence-electron chi connectivity index (χ0n) is 18.9. The summed E-state index contributed by atoms with van der Waals surface area (Å²) in [5.41, 5.74) is -1.11. The first kappa shape index (κ1) is 25.2. The number of oxazole rings is 1. The van der Waals surface area contributed by atoms with Crippen molar-refractivity contribution in [1.29, 1.82) is 0 Å². The van der Waals surface area contributed by atoms with Gasteiger partial charge < -0.3 is 9.52 Å². The third-order valence-corrected chi connectivity index (χ3v) is 5.81. The van der Waals surface area contributed by atoms with Crippen molar-refractivity contribution < 1.29 is 27.5 Å². The number of alkyl halides is 3. The van der Waals surface area contributed by atoms with Crippen LogP contribution < -0.4 is 10.5 Å². The average Bonchev–Trinajstić information content (AvgIpc) is 3.34. The smallest absolute Gasteiger partial charge is 0.418 e. The predicted molar refractivity (Wildman–Crippen MR) is 129 cm³/mol. The number of aryl methyl sites for hydroxylation is 1. The van der Waals surface area contributed by atoms with Crippen LogP contribution in [0.15, 0.2) is 68.7 Å². The van der Waals surface area contributed by atoms with Crippen molar-refractivity contribution in [3.8, 4) is 28.3 Å². The van der Waals surface area contributed by atoms with Gasteiger partial charge in [0, 0.05) is 22.1 Å². The van der Waals surface area contributed by atoms with Crippen LogP contribution in [0.3, 0.4) is 0 Å². The molecule has 0 fully saturated rings. The highest BCUT2D eigenvalue weighted by Crippen LogP contribution is 2.35. The fraction of sp³-hybridized carbons (Fsp3) is 0.167. The van der Waals surface area contributed by atoms with Crippen LogP contribution in [0, 0.1) is 6.92 Å². The third-order valence-electron chi connectivity index (χ3n) is 5.31. The van der Waals surface area contributed by atoms with Crippen LogP contribution in [-0.2, 0) is 6.18 Å². The molecule has 4 aromatic rings.